The van der Waals surface area contributed by atoms with Crippen LogP contribution in [0.2, 0.25) is 0 Å². The molecular formula is C11H18N6O2S. The van der Waals surface area contributed by atoms with Crippen molar-refractivity contribution in [3.8, 4) is 0 Å². The summed E-state index contributed by atoms with van der Waals surface area (Å²) < 4.78 is 4.59. The third-order valence-electron chi connectivity index (χ3n) is 2.89. The van der Waals surface area contributed by atoms with E-state index < -0.39 is 0 Å². The van der Waals surface area contributed by atoms with Crippen molar-refractivity contribution in [2.45, 2.75) is 24.4 Å². The van der Waals surface area contributed by atoms with Crippen LogP contribution in [0.3, 0.4) is 0 Å². The van der Waals surface area contributed by atoms with Gasteiger partial charge in [-0.15, -0.1) is 0 Å². The second-order valence-corrected chi connectivity index (χ2v) is 5.32. The number of thioether (sulfide) groups is 1. The van der Waals surface area contributed by atoms with Crippen molar-refractivity contribution in [2.75, 3.05) is 36.3 Å². The van der Waals surface area contributed by atoms with Gasteiger partial charge in [0.25, 0.3) is 0 Å². The first-order valence-electron chi connectivity index (χ1n) is 6.40. The summed E-state index contributed by atoms with van der Waals surface area (Å²) in [5.41, 5.74) is 2.45. The maximum absolute atomic E-state index is 11.1. The summed E-state index contributed by atoms with van der Waals surface area (Å²) in [6, 6.07) is 0. The number of nitrogen functional groups attached to an aromatic ring is 1. The number of rotatable bonds is 6. The van der Waals surface area contributed by atoms with E-state index in [-0.39, 0.29) is 5.97 Å². The monoisotopic (exact) mass is 298 g/mol. The van der Waals surface area contributed by atoms with E-state index in [1.54, 1.807) is 0 Å². The van der Waals surface area contributed by atoms with Crippen molar-refractivity contribution in [2.24, 2.45) is 5.84 Å². The lowest BCUT2D eigenvalue weighted by molar-refractivity contribution is -0.140. The molecular weight excluding hydrogens is 280 g/mol. The van der Waals surface area contributed by atoms with Gasteiger partial charge >= 0.3 is 5.97 Å². The smallest absolute Gasteiger partial charge is 0.306 e. The van der Waals surface area contributed by atoms with E-state index in [0.717, 1.165) is 25.9 Å². The highest BCUT2D eigenvalue weighted by Crippen LogP contribution is 2.21. The summed E-state index contributed by atoms with van der Waals surface area (Å²) in [6.07, 6.45) is 2.60. The van der Waals surface area contributed by atoms with Gasteiger partial charge in [-0.2, -0.15) is 15.0 Å². The van der Waals surface area contributed by atoms with Crippen LogP contribution in [-0.2, 0) is 9.53 Å². The van der Waals surface area contributed by atoms with Gasteiger partial charge in [0.2, 0.25) is 11.9 Å². The third kappa shape index (κ3) is 3.94. The number of ether oxygens (including phenoxy) is 1. The van der Waals surface area contributed by atoms with E-state index in [1.165, 1.54) is 18.9 Å². The van der Waals surface area contributed by atoms with Crippen LogP contribution in [0, 0.1) is 0 Å². The molecule has 20 heavy (non-hydrogen) atoms. The minimum atomic E-state index is -0.247. The van der Waals surface area contributed by atoms with Crippen LogP contribution < -0.4 is 16.2 Å². The molecule has 110 valence electrons. The number of nitrogens with two attached hydrogens (primary N) is 1. The first-order chi connectivity index (χ1) is 9.72. The molecule has 1 saturated heterocycles. The number of aromatic nitrogens is 3. The highest BCUT2D eigenvalue weighted by Gasteiger charge is 2.17. The lowest BCUT2D eigenvalue weighted by Gasteiger charge is -2.16. The minimum absolute atomic E-state index is 0.247. The Morgan fingerprint density at radius 2 is 2.15 bits per heavy atom. The number of nitrogens with zero attached hydrogens (tertiary/aromatic N) is 4. The van der Waals surface area contributed by atoms with E-state index in [4.69, 9.17) is 5.84 Å². The van der Waals surface area contributed by atoms with Gasteiger partial charge in [-0.1, -0.05) is 11.8 Å². The molecule has 2 rings (SSSR count). The Morgan fingerprint density at radius 1 is 1.40 bits per heavy atom. The highest BCUT2D eigenvalue weighted by molar-refractivity contribution is 7.99. The predicted molar refractivity (Wildman–Crippen MR) is 76.4 cm³/mol. The molecule has 3 N–H and O–H groups in total. The molecule has 0 aliphatic carbocycles. The van der Waals surface area contributed by atoms with Crippen molar-refractivity contribution in [1.82, 2.24) is 15.0 Å². The number of carbonyl (C=O) groups excluding carboxylic acids is 1. The van der Waals surface area contributed by atoms with Crippen molar-refractivity contribution in [3.05, 3.63) is 0 Å². The third-order valence-corrected chi connectivity index (χ3v) is 3.74. The van der Waals surface area contributed by atoms with Gasteiger partial charge in [0.05, 0.1) is 13.5 Å². The van der Waals surface area contributed by atoms with Crippen LogP contribution in [0.5, 0.6) is 0 Å². The van der Waals surface area contributed by atoms with E-state index in [2.05, 4.69) is 30.0 Å². The molecule has 0 aromatic carbocycles. The average Bonchev–Trinajstić information content (AvgIpc) is 3.01. The van der Waals surface area contributed by atoms with Gasteiger partial charge in [-0.05, 0) is 12.8 Å². The Bertz CT molecular complexity index is 466. The first-order valence-corrected chi connectivity index (χ1v) is 7.38. The van der Waals surface area contributed by atoms with Crippen molar-refractivity contribution in [3.63, 3.8) is 0 Å². The molecule has 0 saturated carbocycles. The minimum Gasteiger partial charge on any atom is -0.469 e. The number of hydrogen-bond donors (Lipinski definition) is 2. The summed E-state index contributed by atoms with van der Waals surface area (Å²) in [7, 11) is 1.37. The van der Waals surface area contributed by atoms with Crippen molar-refractivity contribution in [1.29, 1.82) is 0 Å². The zero-order valence-electron chi connectivity index (χ0n) is 11.3. The fraction of sp³-hybridized carbons (Fsp3) is 0.636. The second kappa shape index (κ2) is 7.25. The number of hydrogen-bond acceptors (Lipinski definition) is 9. The Balaban J connectivity index is 2.03. The van der Waals surface area contributed by atoms with Crippen LogP contribution in [0.15, 0.2) is 5.16 Å². The SMILES string of the molecule is COC(=O)CCSc1nc(NN)nc(N2CCCC2)n1. The normalized spacial score (nSPS) is 14.4. The van der Waals surface area contributed by atoms with Gasteiger partial charge < -0.3 is 9.64 Å². The van der Waals surface area contributed by atoms with Gasteiger partial charge in [0, 0.05) is 18.8 Å². The summed E-state index contributed by atoms with van der Waals surface area (Å²) in [4.78, 5) is 26.0. The molecule has 1 aromatic heterocycles. The highest BCUT2D eigenvalue weighted by atomic mass is 32.2. The molecule has 0 radical (unpaired) electrons. The summed E-state index contributed by atoms with van der Waals surface area (Å²) in [5.74, 6) is 6.66. The topological polar surface area (TPSA) is 106 Å². The molecule has 0 amide bonds. The standard InChI is InChI=1S/C11H18N6O2S/c1-19-8(18)4-7-20-11-14-9(16-12)13-10(15-11)17-5-2-3-6-17/h2-7,12H2,1H3,(H,13,14,15,16). The molecule has 0 spiro atoms. The van der Waals surface area contributed by atoms with E-state index in [1.807, 2.05) is 0 Å². The Labute approximate surface area is 121 Å². The molecule has 0 unspecified atom stereocenters. The van der Waals surface area contributed by atoms with Crippen LogP contribution in [0.1, 0.15) is 19.3 Å². The van der Waals surface area contributed by atoms with Crippen LogP contribution in [0.25, 0.3) is 0 Å². The Hall–Kier alpha value is -1.61. The summed E-state index contributed by atoms with van der Waals surface area (Å²) in [5, 5.41) is 0.554. The van der Waals surface area contributed by atoms with Crippen molar-refractivity contribution < 1.29 is 9.53 Å². The molecule has 1 fully saturated rings. The number of esters is 1. The maximum Gasteiger partial charge on any atom is 0.306 e. The van der Waals surface area contributed by atoms with Gasteiger partial charge in [-0.3, -0.25) is 10.2 Å². The Kier molecular flexibility index (Phi) is 5.36. The summed E-state index contributed by atoms with van der Waals surface area (Å²) >= 11 is 1.38. The van der Waals surface area contributed by atoms with Gasteiger partial charge in [0.1, 0.15) is 0 Å². The molecule has 0 atom stereocenters. The fourth-order valence-corrected chi connectivity index (χ4v) is 2.61. The Morgan fingerprint density at radius 3 is 2.80 bits per heavy atom. The molecule has 0 bridgehead atoms. The molecule has 1 aliphatic heterocycles. The van der Waals surface area contributed by atoms with Crippen LogP contribution in [-0.4, -0.2) is 46.9 Å². The second-order valence-electron chi connectivity index (χ2n) is 4.25. The van der Waals surface area contributed by atoms with Crippen LogP contribution in [0.4, 0.5) is 11.9 Å². The number of carbonyl (C=O) groups is 1. The summed E-state index contributed by atoms with van der Waals surface area (Å²) in [6.45, 7) is 1.89. The van der Waals surface area contributed by atoms with Crippen LogP contribution >= 0.6 is 11.8 Å². The molecule has 8 nitrogen and oxygen atoms in total. The number of nitrogens with one attached hydrogen (secondary N) is 1. The lowest BCUT2D eigenvalue weighted by Crippen LogP contribution is -2.22. The predicted octanol–water partition coefficient (Wildman–Crippen LogP) is 0.413. The van der Waals surface area contributed by atoms with E-state index in [0.29, 0.717) is 29.2 Å². The number of hydrazine groups is 1. The first kappa shape index (κ1) is 14.8. The average molecular weight is 298 g/mol. The lowest BCUT2D eigenvalue weighted by atomic mass is 10.4. The van der Waals surface area contributed by atoms with Gasteiger partial charge in [0.15, 0.2) is 5.16 Å². The zero-order chi connectivity index (χ0) is 14.4. The number of methoxy groups -OCH3 is 1. The fourth-order valence-electron chi connectivity index (χ4n) is 1.86. The maximum atomic E-state index is 11.1. The zero-order valence-corrected chi connectivity index (χ0v) is 12.2. The largest absolute Gasteiger partial charge is 0.469 e. The molecule has 1 aromatic rings. The molecule has 1 aliphatic rings. The molecule has 9 heteroatoms. The molecule has 2 heterocycles. The quantitative estimate of drug-likeness (QED) is 0.334. The van der Waals surface area contributed by atoms with Gasteiger partial charge in [-0.25, -0.2) is 5.84 Å². The van der Waals surface area contributed by atoms with Crippen molar-refractivity contribution >= 4 is 29.6 Å². The van der Waals surface area contributed by atoms with E-state index in [9.17, 15) is 4.79 Å². The number of anilines is 2. The van der Waals surface area contributed by atoms with E-state index >= 15 is 0 Å².